The van der Waals surface area contributed by atoms with Crippen LogP contribution in [0, 0.1) is 20.8 Å². The third-order valence-corrected chi connectivity index (χ3v) is 5.18. The topological polar surface area (TPSA) is 64.2 Å². The van der Waals surface area contributed by atoms with Crippen LogP contribution in [-0.2, 0) is 6.54 Å². The molecule has 0 radical (unpaired) electrons. The van der Waals surface area contributed by atoms with E-state index in [9.17, 15) is 4.79 Å². The van der Waals surface area contributed by atoms with Gasteiger partial charge in [0.25, 0.3) is 5.91 Å². The van der Waals surface area contributed by atoms with Crippen LogP contribution in [0.5, 0.6) is 0 Å². The van der Waals surface area contributed by atoms with Gasteiger partial charge in [-0.1, -0.05) is 47.1 Å². The lowest BCUT2D eigenvalue weighted by molar-refractivity contribution is 0.0785. The quantitative estimate of drug-likeness (QED) is 0.486. The van der Waals surface area contributed by atoms with Gasteiger partial charge in [0.05, 0.1) is 23.5 Å². The molecule has 4 aromatic rings. The summed E-state index contributed by atoms with van der Waals surface area (Å²) in [5.74, 6) is 0.625. The second kappa shape index (κ2) is 7.99. The van der Waals surface area contributed by atoms with Crippen LogP contribution in [0.25, 0.3) is 16.9 Å². The maximum Gasteiger partial charge on any atom is 0.257 e. The zero-order valence-corrected chi connectivity index (χ0v) is 17.6. The van der Waals surface area contributed by atoms with Crippen LogP contribution >= 0.6 is 0 Å². The Hall–Kier alpha value is -3.67. The second-order valence-electron chi connectivity index (χ2n) is 7.50. The van der Waals surface area contributed by atoms with Crippen molar-refractivity contribution in [2.45, 2.75) is 27.3 Å². The average Bonchev–Trinajstić information content (AvgIpc) is 3.33. The van der Waals surface area contributed by atoms with Crippen molar-refractivity contribution in [2.24, 2.45) is 0 Å². The van der Waals surface area contributed by atoms with Crippen LogP contribution in [0.4, 0.5) is 0 Å². The second-order valence-corrected chi connectivity index (χ2v) is 7.50. The summed E-state index contributed by atoms with van der Waals surface area (Å²) in [7, 11) is 1.79. The normalized spacial score (nSPS) is 10.9. The average molecular weight is 400 g/mol. The van der Waals surface area contributed by atoms with Crippen LogP contribution in [0.2, 0.25) is 0 Å². The van der Waals surface area contributed by atoms with Crippen molar-refractivity contribution in [1.82, 2.24) is 19.8 Å². The minimum Gasteiger partial charge on any atom is -0.361 e. The van der Waals surface area contributed by atoms with E-state index in [1.54, 1.807) is 22.8 Å². The van der Waals surface area contributed by atoms with E-state index in [1.807, 2.05) is 75.4 Å². The van der Waals surface area contributed by atoms with Gasteiger partial charge in [-0.3, -0.25) is 4.79 Å². The molecular weight excluding hydrogens is 376 g/mol. The van der Waals surface area contributed by atoms with Gasteiger partial charge in [0, 0.05) is 24.4 Å². The molecule has 1 amide bonds. The number of carbonyl (C=O) groups excluding carboxylic acids is 1. The number of rotatable bonds is 5. The molecule has 6 nitrogen and oxygen atoms in total. The van der Waals surface area contributed by atoms with E-state index < -0.39 is 0 Å². The summed E-state index contributed by atoms with van der Waals surface area (Å²) in [6, 6.07) is 17.8. The number of aryl methyl sites for hydroxylation is 3. The largest absolute Gasteiger partial charge is 0.361 e. The molecule has 6 heteroatoms. The molecule has 0 aliphatic rings. The predicted molar refractivity (Wildman–Crippen MR) is 116 cm³/mol. The Labute approximate surface area is 175 Å². The van der Waals surface area contributed by atoms with Crippen LogP contribution in [0.15, 0.2) is 65.3 Å². The molecule has 0 aliphatic carbocycles. The Bertz CT molecular complexity index is 1170. The maximum atomic E-state index is 13.4. The zero-order chi connectivity index (χ0) is 21.3. The molecule has 0 spiro atoms. The molecule has 2 aromatic heterocycles. The van der Waals surface area contributed by atoms with Crippen molar-refractivity contribution in [3.63, 3.8) is 0 Å². The number of hydrogen-bond acceptors (Lipinski definition) is 4. The molecule has 0 atom stereocenters. The number of nitrogens with zero attached hydrogens (tertiary/aromatic N) is 4. The highest BCUT2D eigenvalue weighted by atomic mass is 16.5. The van der Waals surface area contributed by atoms with Crippen molar-refractivity contribution in [2.75, 3.05) is 7.05 Å². The molecular formula is C24H24N4O2. The number of para-hydroxylation sites is 1. The van der Waals surface area contributed by atoms with Crippen molar-refractivity contribution in [3.05, 3.63) is 88.9 Å². The monoisotopic (exact) mass is 400 g/mol. The van der Waals surface area contributed by atoms with Gasteiger partial charge in [-0.25, -0.2) is 4.68 Å². The highest BCUT2D eigenvalue weighted by molar-refractivity contribution is 5.99. The summed E-state index contributed by atoms with van der Waals surface area (Å²) in [5.41, 5.74) is 5.88. The van der Waals surface area contributed by atoms with Crippen molar-refractivity contribution >= 4 is 5.91 Å². The fourth-order valence-corrected chi connectivity index (χ4v) is 3.49. The van der Waals surface area contributed by atoms with E-state index in [2.05, 4.69) is 5.16 Å². The SMILES string of the molecule is Cc1cccc(-c2nn(-c3ccccc3)cc2C(=O)N(C)Cc2c(C)noc2C)c1. The van der Waals surface area contributed by atoms with Crippen LogP contribution < -0.4 is 0 Å². The van der Waals surface area contributed by atoms with Gasteiger partial charge in [0.15, 0.2) is 0 Å². The van der Waals surface area contributed by atoms with Crippen LogP contribution in [-0.4, -0.2) is 32.8 Å². The lowest BCUT2D eigenvalue weighted by Gasteiger charge is -2.17. The maximum absolute atomic E-state index is 13.4. The fourth-order valence-electron chi connectivity index (χ4n) is 3.49. The van der Waals surface area contributed by atoms with Crippen LogP contribution in [0.3, 0.4) is 0 Å². The molecule has 0 bridgehead atoms. The lowest BCUT2D eigenvalue weighted by Crippen LogP contribution is -2.26. The summed E-state index contributed by atoms with van der Waals surface area (Å²) >= 11 is 0. The Morgan fingerprint density at radius 3 is 2.50 bits per heavy atom. The zero-order valence-electron chi connectivity index (χ0n) is 17.6. The lowest BCUT2D eigenvalue weighted by atomic mass is 10.0. The van der Waals surface area contributed by atoms with Gasteiger partial charge in [-0.05, 0) is 39.0 Å². The third-order valence-electron chi connectivity index (χ3n) is 5.18. The molecule has 2 aromatic carbocycles. The summed E-state index contributed by atoms with van der Waals surface area (Å²) in [4.78, 5) is 15.1. The Balaban J connectivity index is 1.75. The van der Waals surface area contributed by atoms with Gasteiger partial charge in [0.1, 0.15) is 11.5 Å². The Kier molecular flexibility index (Phi) is 5.23. The molecule has 0 saturated heterocycles. The van der Waals surface area contributed by atoms with E-state index in [-0.39, 0.29) is 5.91 Å². The van der Waals surface area contributed by atoms with Crippen molar-refractivity contribution < 1.29 is 9.32 Å². The number of hydrogen-bond donors (Lipinski definition) is 0. The number of aromatic nitrogens is 3. The highest BCUT2D eigenvalue weighted by Crippen LogP contribution is 2.26. The first kappa shape index (κ1) is 19.6. The van der Waals surface area contributed by atoms with Gasteiger partial charge in [-0.2, -0.15) is 5.10 Å². The molecule has 0 unspecified atom stereocenters. The van der Waals surface area contributed by atoms with Gasteiger partial charge in [0.2, 0.25) is 0 Å². The van der Waals surface area contributed by atoms with Crippen molar-refractivity contribution in [1.29, 1.82) is 0 Å². The molecule has 0 N–H and O–H groups in total. The molecule has 0 fully saturated rings. The molecule has 30 heavy (non-hydrogen) atoms. The summed E-state index contributed by atoms with van der Waals surface area (Å²) in [6.07, 6.45) is 1.80. The Morgan fingerprint density at radius 2 is 1.83 bits per heavy atom. The number of amides is 1. The van der Waals surface area contributed by atoms with Crippen molar-refractivity contribution in [3.8, 4) is 16.9 Å². The number of benzene rings is 2. The number of carbonyl (C=O) groups is 1. The minimum atomic E-state index is -0.103. The molecule has 0 saturated carbocycles. The summed E-state index contributed by atoms with van der Waals surface area (Å²) < 4.78 is 7.00. The van der Waals surface area contributed by atoms with Gasteiger partial charge >= 0.3 is 0 Å². The molecule has 0 aliphatic heterocycles. The smallest absolute Gasteiger partial charge is 0.257 e. The van der Waals surface area contributed by atoms with E-state index in [0.717, 1.165) is 33.8 Å². The van der Waals surface area contributed by atoms with E-state index in [1.165, 1.54) is 0 Å². The molecule has 4 rings (SSSR count). The molecule has 2 heterocycles. The van der Waals surface area contributed by atoms with Gasteiger partial charge < -0.3 is 9.42 Å². The van der Waals surface area contributed by atoms with Gasteiger partial charge in [-0.15, -0.1) is 0 Å². The fraction of sp³-hybridized carbons (Fsp3) is 0.208. The van der Waals surface area contributed by atoms with Crippen LogP contribution in [0.1, 0.15) is 32.9 Å². The first-order valence-corrected chi connectivity index (χ1v) is 9.83. The summed E-state index contributed by atoms with van der Waals surface area (Å²) in [5, 5.41) is 8.76. The van der Waals surface area contributed by atoms with E-state index in [0.29, 0.717) is 17.8 Å². The summed E-state index contributed by atoms with van der Waals surface area (Å²) in [6.45, 7) is 6.20. The van der Waals surface area contributed by atoms with E-state index >= 15 is 0 Å². The van der Waals surface area contributed by atoms with E-state index in [4.69, 9.17) is 9.62 Å². The standard InChI is InChI=1S/C24H24N4O2/c1-16-9-8-10-19(13-16)23-22(15-28(25-23)20-11-6-5-7-12-20)24(29)27(4)14-21-17(2)26-30-18(21)3/h5-13,15H,14H2,1-4H3. The molecule has 152 valence electrons. The third kappa shape index (κ3) is 3.76. The highest BCUT2D eigenvalue weighted by Gasteiger charge is 2.23. The first-order valence-electron chi connectivity index (χ1n) is 9.83. The minimum absolute atomic E-state index is 0.103. The Morgan fingerprint density at radius 1 is 1.07 bits per heavy atom. The first-order chi connectivity index (χ1) is 14.4. The predicted octanol–water partition coefficient (Wildman–Crippen LogP) is 4.72.